The second-order valence-electron chi connectivity index (χ2n) is 5.87. The Morgan fingerprint density at radius 1 is 1.31 bits per heavy atom. The molecule has 0 amide bonds. The van der Waals surface area contributed by atoms with Crippen molar-refractivity contribution >= 4 is 26.7 Å². The summed E-state index contributed by atoms with van der Waals surface area (Å²) < 4.78 is 40.7. The lowest BCUT2D eigenvalue weighted by Crippen LogP contribution is -2.31. The number of benzene rings is 1. The molecule has 26 heavy (non-hydrogen) atoms. The number of ether oxygens (including phenoxy) is 2. The van der Waals surface area contributed by atoms with Crippen LogP contribution in [0.2, 0.25) is 0 Å². The van der Waals surface area contributed by atoms with E-state index in [0.717, 1.165) is 0 Å². The van der Waals surface area contributed by atoms with Gasteiger partial charge in [0.25, 0.3) is 10.0 Å². The summed E-state index contributed by atoms with van der Waals surface area (Å²) in [4.78, 5) is 4.33. The van der Waals surface area contributed by atoms with Crippen molar-refractivity contribution in [3.63, 3.8) is 0 Å². The van der Waals surface area contributed by atoms with Crippen molar-refractivity contribution in [3.05, 3.63) is 42.7 Å². The van der Waals surface area contributed by atoms with Crippen LogP contribution in [0.1, 0.15) is 13.0 Å². The van der Waals surface area contributed by atoms with E-state index in [1.165, 1.54) is 6.07 Å². The Kier molecular flexibility index (Phi) is 4.25. The van der Waals surface area contributed by atoms with Gasteiger partial charge in [0, 0.05) is 23.8 Å². The molecule has 2 aromatic heterocycles. The minimum Gasteiger partial charge on any atom is -0.493 e. The van der Waals surface area contributed by atoms with Gasteiger partial charge in [0.15, 0.2) is 5.82 Å². The van der Waals surface area contributed by atoms with Crippen molar-refractivity contribution in [2.24, 2.45) is 0 Å². The van der Waals surface area contributed by atoms with Crippen molar-refractivity contribution in [2.75, 3.05) is 24.5 Å². The fourth-order valence-electron chi connectivity index (χ4n) is 2.78. The molecule has 9 heteroatoms. The van der Waals surface area contributed by atoms with Gasteiger partial charge >= 0.3 is 0 Å². The number of nitrogens with one attached hydrogen (secondary N) is 1. The second-order valence-corrected chi connectivity index (χ2v) is 7.52. The molecular weight excluding hydrogens is 356 g/mol. The van der Waals surface area contributed by atoms with Gasteiger partial charge in [0.05, 0.1) is 31.4 Å². The van der Waals surface area contributed by atoms with Crippen LogP contribution < -0.4 is 9.46 Å². The van der Waals surface area contributed by atoms with Gasteiger partial charge in [-0.05, 0) is 31.2 Å². The Morgan fingerprint density at radius 3 is 2.88 bits per heavy atom. The second kappa shape index (κ2) is 6.58. The lowest BCUT2D eigenvalue weighted by atomic mass is 10.2. The van der Waals surface area contributed by atoms with Crippen LogP contribution in [0.5, 0.6) is 5.75 Å². The highest BCUT2D eigenvalue weighted by Crippen LogP contribution is 2.30. The number of rotatable bonds is 6. The Bertz CT molecular complexity index is 1040. The highest BCUT2D eigenvalue weighted by Gasteiger charge is 2.24. The van der Waals surface area contributed by atoms with Crippen molar-refractivity contribution in [1.29, 1.82) is 0 Å². The molecule has 0 bridgehead atoms. The van der Waals surface area contributed by atoms with Crippen molar-refractivity contribution in [2.45, 2.75) is 17.9 Å². The molecule has 136 valence electrons. The number of aromatic nitrogens is 3. The quantitative estimate of drug-likeness (QED) is 0.711. The third kappa shape index (κ3) is 2.99. The first-order chi connectivity index (χ1) is 12.6. The van der Waals surface area contributed by atoms with Gasteiger partial charge in [-0.2, -0.15) is 5.10 Å². The maximum Gasteiger partial charge on any atom is 0.265 e. The van der Waals surface area contributed by atoms with Gasteiger partial charge in [-0.25, -0.2) is 8.42 Å². The molecule has 3 heterocycles. The van der Waals surface area contributed by atoms with Crippen LogP contribution in [-0.2, 0) is 14.8 Å². The standard InChI is InChI=1S/C17H18N4O4S/c1-2-25-14-5-6-15(17-13(14)4-3-8-18-17)26(22,23)20-16-7-9-21(19-16)12-10-24-11-12/h3-9,12H,2,10-11H2,1H3,(H,19,20). The van der Waals surface area contributed by atoms with Crippen LogP contribution in [0.15, 0.2) is 47.6 Å². The molecule has 0 atom stereocenters. The Hall–Kier alpha value is -2.65. The van der Waals surface area contributed by atoms with Crippen molar-refractivity contribution in [1.82, 2.24) is 14.8 Å². The molecule has 1 aliphatic heterocycles. The molecule has 0 aliphatic carbocycles. The minimum absolute atomic E-state index is 0.0816. The topological polar surface area (TPSA) is 95.3 Å². The SMILES string of the molecule is CCOc1ccc(S(=O)(=O)Nc2ccn(C3COC3)n2)c2ncccc12. The number of pyridine rings is 1. The van der Waals surface area contributed by atoms with Crippen LogP contribution >= 0.6 is 0 Å². The van der Waals surface area contributed by atoms with E-state index in [0.29, 0.717) is 36.5 Å². The first kappa shape index (κ1) is 16.8. The van der Waals surface area contributed by atoms with Crippen LogP contribution in [0.4, 0.5) is 5.82 Å². The predicted octanol–water partition coefficient (Wildman–Crippen LogP) is 2.20. The third-order valence-electron chi connectivity index (χ3n) is 4.12. The molecule has 3 aromatic rings. The zero-order valence-corrected chi connectivity index (χ0v) is 14.9. The molecule has 0 saturated carbocycles. The summed E-state index contributed by atoms with van der Waals surface area (Å²) in [6.45, 7) is 3.52. The molecule has 1 N–H and O–H groups in total. The normalized spacial score (nSPS) is 15.0. The van der Waals surface area contributed by atoms with Gasteiger partial charge in [-0.1, -0.05) is 0 Å². The van der Waals surface area contributed by atoms with E-state index < -0.39 is 10.0 Å². The number of hydrogen-bond acceptors (Lipinski definition) is 6. The fraction of sp³-hybridized carbons (Fsp3) is 0.294. The van der Waals surface area contributed by atoms with Crippen molar-refractivity contribution < 1.29 is 17.9 Å². The summed E-state index contributed by atoms with van der Waals surface area (Å²) in [6, 6.07) is 8.46. The molecule has 1 saturated heterocycles. The summed E-state index contributed by atoms with van der Waals surface area (Å²) in [7, 11) is -3.85. The van der Waals surface area contributed by atoms with Gasteiger partial charge in [0.1, 0.15) is 10.6 Å². The van der Waals surface area contributed by atoms with Gasteiger partial charge in [-0.15, -0.1) is 0 Å². The first-order valence-electron chi connectivity index (χ1n) is 8.25. The number of fused-ring (bicyclic) bond motifs is 1. The lowest BCUT2D eigenvalue weighted by molar-refractivity contribution is -0.0285. The molecule has 0 spiro atoms. The highest BCUT2D eigenvalue weighted by atomic mass is 32.2. The van der Waals surface area contributed by atoms with E-state index in [4.69, 9.17) is 9.47 Å². The van der Waals surface area contributed by atoms with Gasteiger partial charge in [0.2, 0.25) is 0 Å². The summed E-state index contributed by atoms with van der Waals surface area (Å²) in [5, 5.41) is 4.92. The van der Waals surface area contributed by atoms with E-state index in [1.807, 2.05) is 6.92 Å². The van der Waals surface area contributed by atoms with Gasteiger partial charge in [-0.3, -0.25) is 14.4 Å². The highest BCUT2D eigenvalue weighted by molar-refractivity contribution is 7.93. The molecular formula is C17H18N4O4S. The van der Waals surface area contributed by atoms with E-state index in [2.05, 4.69) is 14.8 Å². The number of anilines is 1. The first-order valence-corrected chi connectivity index (χ1v) is 9.73. The van der Waals surface area contributed by atoms with Gasteiger partial charge < -0.3 is 9.47 Å². The van der Waals surface area contributed by atoms with Crippen LogP contribution in [0, 0.1) is 0 Å². The average Bonchev–Trinajstić information content (AvgIpc) is 3.00. The third-order valence-corrected chi connectivity index (χ3v) is 5.51. The summed E-state index contributed by atoms with van der Waals surface area (Å²) >= 11 is 0. The molecule has 1 aliphatic rings. The Labute approximate surface area is 150 Å². The zero-order valence-electron chi connectivity index (χ0n) is 14.1. The Morgan fingerprint density at radius 2 is 2.15 bits per heavy atom. The van der Waals surface area contributed by atoms with Crippen molar-refractivity contribution in [3.8, 4) is 5.75 Å². The molecule has 1 aromatic carbocycles. The predicted molar refractivity (Wildman–Crippen MR) is 95.8 cm³/mol. The molecule has 1 fully saturated rings. The molecule has 8 nitrogen and oxygen atoms in total. The van der Waals surface area contributed by atoms with E-state index in [9.17, 15) is 8.42 Å². The maximum absolute atomic E-state index is 12.9. The smallest absolute Gasteiger partial charge is 0.265 e. The Balaban J connectivity index is 1.69. The van der Waals surface area contributed by atoms with E-state index in [1.54, 1.807) is 41.3 Å². The van der Waals surface area contributed by atoms with Crippen LogP contribution in [0.25, 0.3) is 10.9 Å². The largest absolute Gasteiger partial charge is 0.493 e. The minimum atomic E-state index is -3.85. The van der Waals surface area contributed by atoms with E-state index in [-0.39, 0.29) is 16.8 Å². The molecule has 4 rings (SSSR count). The monoisotopic (exact) mass is 374 g/mol. The average molecular weight is 374 g/mol. The number of nitrogens with zero attached hydrogens (tertiary/aromatic N) is 3. The zero-order chi connectivity index (χ0) is 18.1. The van der Waals surface area contributed by atoms with Crippen LogP contribution in [-0.4, -0.2) is 43.0 Å². The number of sulfonamides is 1. The molecule has 0 radical (unpaired) electrons. The summed E-state index contributed by atoms with van der Waals surface area (Å²) in [5.74, 6) is 0.860. The molecule has 0 unspecified atom stereocenters. The summed E-state index contributed by atoms with van der Waals surface area (Å²) in [6.07, 6.45) is 3.29. The fourth-order valence-corrected chi connectivity index (χ4v) is 3.94. The maximum atomic E-state index is 12.9. The van der Waals surface area contributed by atoms with Crippen LogP contribution in [0.3, 0.4) is 0 Å². The van der Waals surface area contributed by atoms with E-state index >= 15 is 0 Å². The number of hydrogen-bond donors (Lipinski definition) is 1. The summed E-state index contributed by atoms with van der Waals surface area (Å²) in [5.41, 5.74) is 0.359. The lowest BCUT2D eigenvalue weighted by Gasteiger charge is -2.25.